The molecule has 5 heteroatoms. The van der Waals surface area contributed by atoms with E-state index in [1.807, 2.05) is 18.2 Å². The highest BCUT2D eigenvalue weighted by Crippen LogP contribution is 2.22. The zero-order chi connectivity index (χ0) is 14.4. The second-order valence-electron chi connectivity index (χ2n) is 4.12. The maximum atomic E-state index is 11.5. The zero-order valence-electron chi connectivity index (χ0n) is 11.2. The fraction of sp³-hybridized carbons (Fsp3) is 0.200. The van der Waals surface area contributed by atoms with Crippen molar-refractivity contribution >= 4 is 23.5 Å². The lowest BCUT2D eigenvalue weighted by Gasteiger charge is -2.04. The molecule has 2 aromatic rings. The molecule has 104 valence electrons. The molecule has 20 heavy (non-hydrogen) atoms. The summed E-state index contributed by atoms with van der Waals surface area (Å²) in [5.41, 5.74) is 7.26. The van der Waals surface area contributed by atoms with Crippen LogP contribution in [-0.2, 0) is 10.5 Å². The van der Waals surface area contributed by atoms with Crippen LogP contribution >= 0.6 is 11.8 Å². The molecule has 2 rings (SSSR count). The number of nitrogens with zero attached hydrogens (tertiary/aromatic N) is 1. The van der Waals surface area contributed by atoms with E-state index in [-0.39, 0.29) is 5.97 Å². The number of esters is 1. The van der Waals surface area contributed by atoms with Crippen LogP contribution in [0.2, 0.25) is 0 Å². The molecule has 4 nitrogen and oxygen atoms in total. The number of hydrogen-bond donors (Lipinski definition) is 1. The molecule has 0 fully saturated rings. The van der Waals surface area contributed by atoms with E-state index in [1.54, 1.807) is 43.1 Å². The Bertz CT molecular complexity index is 567. The summed E-state index contributed by atoms with van der Waals surface area (Å²) < 4.78 is 4.94. The van der Waals surface area contributed by atoms with Crippen molar-refractivity contribution < 1.29 is 9.53 Å². The van der Waals surface area contributed by atoms with Gasteiger partial charge in [0.25, 0.3) is 0 Å². The van der Waals surface area contributed by atoms with Gasteiger partial charge in [-0.2, -0.15) is 0 Å². The molecule has 1 aromatic carbocycles. The van der Waals surface area contributed by atoms with E-state index >= 15 is 0 Å². The monoisotopic (exact) mass is 288 g/mol. The quantitative estimate of drug-likeness (QED) is 0.676. The number of anilines is 1. The highest BCUT2D eigenvalue weighted by atomic mass is 32.2. The van der Waals surface area contributed by atoms with Crippen molar-refractivity contribution in [1.82, 2.24) is 4.98 Å². The lowest BCUT2D eigenvalue weighted by molar-refractivity contribution is 0.0526. The number of nitrogens with two attached hydrogens (primary N) is 1. The lowest BCUT2D eigenvalue weighted by Crippen LogP contribution is -2.04. The molecule has 0 aliphatic heterocycles. The number of ether oxygens (including phenoxy) is 1. The zero-order valence-corrected chi connectivity index (χ0v) is 12.0. The van der Waals surface area contributed by atoms with Crippen LogP contribution in [0.15, 0.2) is 47.5 Å². The first-order valence-electron chi connectivity index (χ1n) is 6.29. The lowest BCUT2D eigenvalue weighted by atomic mass is 10.1. The third-order valence-corrected chi connectivity index (χ3v) is 3.68. The molecule has 1 aromatic heterocycles. The fourth-order valence-electron chi connectivity index (χ4n) is 1.60. The molecule has 0 unspecified atom stereocenters. The molecule has 0 radical (unpaired) electrons. The van der Waals surface area contributed by atoms with Gasteiger partial charge in [0.05, 0.1) is 12.2 Å². The maximum Gasteiger partial charge on any atom is 0.338 e. The molecule has 0 bridgehead atoms. The van der Waals surface area contributed by atoms with Gasteiger partial charge in [-0.25, -0.2) is 9.78 Å². The van der Waals surface area contributed by atoms with E-state index in [1.165, 1.54) is 0 Å². The van der Waals surface area contributed by atoms with Gasteiger partial charge in [-0.1, -0.05) is 12.1 Å². The van der Waals surface area contributed by atoms with Crippen LogP contribution in [0.1, 0.15) is 22.8 Å². The third-order valence-electron chi connectivity index (χ3n) is 2.63. The van der Waals surface area contributed by atoms with E-state index in [0.29, 0.717) is 18.0 Å². The second-order valence-corrected chi connectivity index (χ2v) is 5.17. The minimum atomic E-state index is -0.283. The summed E-state index contributed by atoms with van der Waals surface area (Å²) in [5.74, 6) is 1.05. The molecule has 0 aliphatic rings. The van der Waals surface area contributed by atoms with E-state index in [9.17, 15) is 4.79 Å². The van der Waals surface area contributed by atoms with Crippen LogP contribution in [0.4, 0.5) is 5.82 Å². The number of thioether (sulfide) groups is 1. The molecular weight excluding hydrogens is 272 g/mol. The molecule has 0 atom stereocenters. The molecule has 0 saturated carbocycles. The number of aromatic nitrogens is 1. The first kappa shape index (κ1) is 14.4. The van der Waals surface area contributed by atoms with Gasteiger partial charge in [0, 0.05) is 16.8 Å². The first-order chi connectivity index (χ1) is 9.69. The number of pyridine rings is 1. The number of rotatable bonds is 5. The molecule has 0 spiro atoms. The fourth-order valence-corrected chi connectivity index (χ4v) is 2.41. The van der Waals surface area contributed by atoms with Crippen molar-refractivity contribution in [3.8, 4) is 0 Å². The number of hydrogen-bond acceptors (Lipinski definition) is 5. The second kappa shape index (κ2) is 6.96. The summed E-state index contributed by atoms with van der Waals surface area (Å²) in [6.07, 6.45) is 1.76. The molecule has 0 amide bonds. The van der Waals surface area contributed by atoms with Gasteiger partial charge < -0.3 is 10.5 Å². The van der Waals surface area contributed by atoms with Gasteiger partial charge in [0.2, 0.25) is 0 Å². The van der Waals surface area contributed by atoms with Gasteiger partial charge in [-0.05, 0) is 36.8 Å². The minimum absolute atomic E-state index is 0.283. The average molecular weight is 288 g/mol. The topological polar surface area (TPSA) is 65.2 Å². The van der Waals surface area contributed by atoms with Crippen molar-refractivity contribution in [2.45, 2.75) is 17.6 Å². The molecule has 2 N–H and O–H groups in total. The van der Waals surface area contributed by atoms with E-state index < -0.39 is 0 Å². The van der Waals surface area contributed by atoms with E-state index in [4.69, 9.17) is 10.5 Å². The van der Waals surface area contributed by atoms with Crippen LogP contribution in [0, 0.1) is 0 Å². The number of carbonyl (C=O) groups is 1. The van der Waals surface area contributed by atoms with Gasteiger partial charge in [0.15, 0.2) is 0 Å². The SMILES string of the molecule is CCOC(=O)c1ccc(CSc2ccc(N)nc2)cc1. The number of carbonyl (C=O) groups excluding carboxylic acids is 1. The third kappa shape index (κ3) is 3.99. The Labute approximate surface area is 122 Å². The molecular formula is C15H16N2O2S. The van der Waals surface area contributed by atoms with Crippen molar-refractivity contribution in [1.29, 1.82) is 0 Å². The van der Waals surface area contributed by atoms with Gasteiger partial charge in [-0.15, -0.1) is 11.8 Å². The maximum absolute atomic E-state index is 11.5. The van der Waals surface area contributed by atoms with Crippen molar-refractivity contribution in [3.05, 3.63) is 53.7 Å². The highest BCUT2D eigenvalue weighted by Gasteiger charge is 2.05. The molecule has 1 heterocycles. The van der Waals surface area contributed by atoms with Crippen LogP contribution in [0.3, 0.4) is 0 Å². The normalized spacial score (nSPS) is 10.2. The van der Waals surface area contributed by atoms with E-state index in [2.05, 4.69) is 4.98 Å². The van der Waals surface area contributed by atoms with Crippen molar-refractivity contribution in [2.24, 2.45) is 0 Å². The summed E-state index contributed by atoms with van der Waals surface area (Å²) in [6, 6.07) is 11.2. The summed E-state index contributed by atoms with van der Waals surface area (Å²) in [6.45, 7) is 2.18. The molecule has 0 aliphatic carbocycles. The largest absolute Gasteiger partial charge is 0.462 e. The van der Waals surface area contributed by atoms with Crippen LogP contribution in [0.5, 0.6) is 0 Å². The van der Waals surface area contributed by atoms with Crippen LogP contribution < -0.4 is 5.73 Å². The molecule has 0 saturated heterocycles. The van der Waals surface area contributed by atoms with Gasteiger partial charge >= 0.3 is 5.97 Å². The van der Waals surface area contributed by atoms with Gasteiger partial charge in [0.1, 0.15) is 5.82 Å². The number of benzene rings is 1. The van der Waals surface area contributed by atoms with Crippen LogP contribution in [-0.4, -0.2) is 17.6 Å². The highest BCUT2D eigenvalue weighted by molar-refractivity contribution is 7.98. The summed E-state index contributed by atoms with van der Waals surface area (Å²) >= 11 is 1.67. The van der Waals surface area contributed by atoms with Crippen molar-refractivity contribution in [2.75, 3.05) is 12.3 Å². The van der Waals surface area contributed by atoms with Gasteiger partial charge in [-0.3, -0.25) is 0 Å². The van der Waals surface area contributed by atoms with Crippen LogP contribution in [0.25, 0.3) is 0 Å². The Kier molecular flexibility index (Phi) is 5.01. The smallest absolute Gasteiger partial charge is 0.338 e. The first-order valence-corrected chi connectivity index (χ1v) is 7.28. The minimum Gasteiger partial charge on any atom is -0.462 e. The van der Waals surface area contributed by atoms with E-state index in [0.717, 1.165) is 16.2 Å². The Balaban J connectivity index is 1.93. The summed E-state index contributed by atoms with van der Waals surface area (Å²) in [4.78, 5) is 16.6. The Hall–Kier alpha value is -2.01. The summed E-state index contributed by atoms with van der Waals surface area (Å²) in [7, 11) is 0. The average Bonchev–Trinajstić information content (AvgIpc) is 2.47. The predicted molar refractivity (Wildman–Crippen MR) is 80.6 cm³/mol. The Morgan fingerprint density at radius 3 is 2.60 bits per heavy atom. The Morgan fingerprint density at radius 1 is 1.25 bits per heavy atom. The standard InChI is InChI=1S/C15H16N2O2S/c1-2-19-15(18)12-5-3-11(4-6-12)10-20-13-7-8-14(16)17-9-13/h3-9H,2,10H2,1H3,(H2,16,17). The van der Waals surface area contributed by atoms with Crippen molar-refractivity contribution in [3.63, 3.8) is 0 Å². The number of nitrogen functional groups attached to an aromatic ring is 1. The predicted octanol–water partition coefficient (Wildman–Crippen LogP) is 3.13. The summed E-state index contributed by atoms with van der Waals surface area (Å²) in [5, 5.41) is 0. The Morgan fingerprint density at radius 2 is 2.00 bits per heavy atom.